The van der Waals surface area contributed by atoms with E-state index < -0.39 is 29.7 Å². The van der Waals surface area contributed by atoms with E-state index in [0.717, 1.165) is 25.9 Å². The van der Waals surface area contributed by atoms with E-state index in [2.05, 4.69) is 16.8 Å². The molecule has 3 saturated heterocycles. The number of piperazine rings is 1. The monoisotopic (exact) mass is 738 g/mol. The number of piperidine rings is 1. The lowest BCUT2D eigenvalue weighted by Gasteiger charge is -2.45. The van der Waals surface area contributed by atoms with E-state index in [1.165, 1.54) is 33.1 Å². The average Bonchev–Trinajstić information content (AvgIpc) is 3.31. The van der Waals surface area contributed by atoms with Gasteiger partial charge in [-0.2, -0.15) is 0 Å². The van der Waals surface area contributed by atoms with Gasteiger partial charge in [-0.1, -0.05) is 47.5 Å². The number of rotatable bonds is 10. The first kappa shape index (κ1) is 37.0. The third-order valence-corrected chi connectivity index (χ3v) is 11.9. The van der Waals surface area contributed by atoms with Crippen molar-refractivity contribution in [2.45, 2.75) is 69.0 Å². The van der Waals surface area contributed by atoms with Crippen molar-refractivity contribution >= 4 is 52.7 Å². The number of ether oxygens (including phenoxy) is 2. The molecule has 4 unspecified atom stereocenters. The fourth-order valence-electron chi connectivity index (χ4n) is 8.54. The van der Waals surface area contributed by atoms with Gasteiger partial charge in [0.2, 0.25) is 5.91 Å². The summed E-state index contributed by atoms with van der Waals surface area (Å²) in [5.41, 5.74) is 1.49. The summed E-state index contributed by atoms with van der Waals surface area (Å²) >= 11 is 13.5. The van der Waals surface area contributed by atoms with Crippen LogP contribution >= 0.6 is 23.2 Å². The molecule has 4 aliphatic heterocycles. The third kappa shape index (κ3) is 7.58. The van der Waals surface area contributed by atoms with Gasteiger partial charge in [-0.05, 0) is 74.9 Å². The molecule has 0 radical (unpaired) electrons. The Bertz CT molecular complexity index is 1720. The van der Waals surface area contributed by atoms with Gasteiger partial charge in [-0.3, -0.25) is 19.5 Å². The lowest BCUT2D eigenvalue weighted by atomic mass is 9.73. The van der Waals surface area contributed by atoms with Crippen LogP contribution in [0, 0.1) is 5.92 Å². The van der Waals surface area contributed by atoms with Crippen LogP contribution < -0.4 is 0 Å². The maximum atomic E-state index is 14.1. The minimum atomic E-state index is -1.21. The molecule has 0 saturated carbocycles. The molecule has 2 aromatic rings. The van der Waals surface area contributed by atoms with Gasteiger partial charge in [0, 0.05) is 66.0 Å². The molecule has 11 nitrogen and oxygen atoms in total. The normalized spacial score (nSPS) is 25.4. The number of esters is 2. The van der Waals surface area contributed by atoms with Crippen molar-refractivity contribution in [2.24, 2.45) is 10.9 Å². The third-order valence-electron chi connectivity index (χ3n) is 11.2. The predicted molar refractivity (Wildman–Crippen MR) is 193 cm³/mol. The molecule has 4 heterocycles. The minimum Gasteiger partial charge on any atom is -0.478 e. The molecular formula is C38H44Cl2N4O7. The molecule has 1 N–H and O–H groups in total. The summed E-state index contributed by atoms with van der Waals surface area (Å²) < 4.78 is 10.5. The molecule has 2 aromatic carbocycles. The van der Waals surface area contributed by atoms with E-state index in [9.17, 15) is 24.3 Å². The average molecular weight is 740 g/mol. The molecule has 0 aromatic heterocycles. The highest BCUT2D eigenvalue weighted by molar-refractivity contribution is 6.36. The number of aromatic carboxylic acids is 1. The zero-order valence-corrected chi connectivity index (χ0v) is 30.7. The van der Waals surface area contributed by atoms with E-state index in [1.54, 1.807) is 36.4 Å². The van der Waals surface area contributed by atoms with Crippen molar-refractivity contribution in [3.63, 3.8) is 0 Å². The van der Waals surface area contributed by atoms with Crippen LogP contribution in [0.25, 0.3) is 0 Å². The number of nitrogens with zero attached hydrogens (tertiary/aromatic N) is 4. The smallest absolute Gasteiger partial charge is 0.336 e. The zero-order valence-electron chi connectivity index (χ0n) is 29.1. The fourth-order valence-corrected chi connectivity index (χ4v) is 9.17. The van der Waals surface area contributed by atoms with Gasteiger partial charge in [-0.15, -0.1) is 0 Å². The molecule has 6 rings (SSSR count). The Morgan fingerprint density at radius 1 is 0.863 bits per heavy atom. The molecular weight excluding hydrogens is 695 g/mol. The number of carbonyl (C=O) groups is 4. The Balaban J connectivity index is 1.33. The zero-order chi connectivity index (χ0) is 36.4. The lowest BCUT2D eigenvalue weighted by molar-refractivity contribution is -0.143. The summed E-state index contributed by atoms with van der Waals surface area (Å²) in [6.45, 7) is 2.65. The Morgan fingerprint density at radius 2 is 1.51 bits per heavy atom. The highest BCUT2D eigenvalue weighted by Gasteiger charge is 2.47. The number of carboxylic acid groups (broad SMARTS) is 1. The summed E-state index contributed by atoms with van der Waals surface area (Å²) in [4.78, 5) is 65.2. The SMILES string of the molecule is COC(=O)C1=C(CCc2ccccc2C(=O)O)N=C(CC(=O)N2CCN(C3CC4CCC(C3)N4C)CC2)C(C(=O)OC)C1c1c(Cl)cccc1Cl. The van der Waals surface area contributed by atoms with Gasteiger partial charge < -0.3 is 24.4 Å². The van der Waals surface area contributed by atoms with Gasteiger partial charge in [0.05, 0.1) is 37.5 Å². The molecule has 2 bridgehead atoms. The number of halogens is 2. The van der Waals surface area contributed by atoms with Crippen molar-refractivity contribution in [1.82, 2.24) is 14.7 Å². The highest BCUT2D eigenvalue weighted by atomic mass is 35.5. The van der Waals surface area contributed by atoms with Crippen LogP contribution in [0.5, 0.6) is 0 Å². The highest BCUT2D eigenvalue weighted by Crippen LogP contribution is 2.47. The number of fused-ring (bicyclic) bond motifs is 2. The van der Waals surface area contributed by atoms with Gasteiger partial charge in [0.1, 0.15) is 5.92 Å². The van der Waals surface area contributed by atoms with E-state index in [0.29, 0.717) is 42.3 Å². The molecule has 0 aliphatic carbocycles. The number of carboxylic acids is 1. The Morgan fingerprint density at radius 3 is 2.12 bits per heavy atom. The number of methoxy groups -OCH3 is 2. The van der Waals surface area contributed by atoms with Crippen LogP contribution in [-0.2, 0) is 30.3 Å². The van der Waals surface area contributed by atoms with Crippen LogP contribution in [0.15, 0.2) is 58.7 Å². The molecule has 4 atom stereocenters. The number of amides is 1. The van der Waals surface area contributed by atoms with Gasteiger partial charge in [0.25, 0.3) is 0 Å². The van der Waals surface area contributed by atoms with Crippen molar-refractivity contribution in [3.8, 4) is 0 Å². The van der Waals surface area contributed by atoms with E-state index in [4.69, 9.17) is 37.7 Å². The largest absolute Gasteiger partial charge is 0.478 e. The number of aryl methyl sites for hydroxylation is 1. The Hall–Kier alpha value is -3.77. The molecule has 1 amide bonds. The second kappa shape index (κ2) is 15.9. The van der Waals surface area contributed by atoms with Crippen LogP contribution in [0.1, 0.15) is 65.9 Å². The van der Waals surface area contributed by atoms with Gasteiger partial charge in [-0.25, -0.2) is 9.59 Å². The summed E-state index contributed by atoms with van der Waals surface area (Å²) in [5, 5.41) is 10.2. The molecule has 3 fully saturated rings. The van der Waals surface area contributed by atoms with Crippen LogP contribution in [-0.4, -0.2) is 115 Å². The maximum Gasteiger partial charge on any atom is 0.336 e. The number of benzene rings is 2. The summed E-state index contributed by atoms with van der Waals surface area (Å²) in [7, 11) is 4.70. The van der Waals surface area contributed by atoms with Crippen molar-refractivity contribution in [1.29, 1.82) is 0 Å². The number of aliphatic imine (C=N–C) groups is 1. The fraction of sp³-hybridized carbons (Fsp3) is 0.500. The lowest BCUT2D eigenvalue weighted by Crippen LogP contribution is -2.56. The van der Waals surface area contributed by atoms with Crippen LogP contribution in [0.3, 0.4) is 0 Å². The number of hydrogen-bond acceptors (Lipinski definition) is 9. The summed E-state index contributed by atoms with van der Waals surface area (Å²) in [6.07, 6.45) is 4.92. The van der Waals surface area contributed by atoms with Crippen LogP contribution in [0.2, 0.25) is 10.0 Å². The first-order valence-corrected chi connectivity index (χ1v) is 18.2. The number of hydrogen-bond donors (Lipinski definition) is 1. The second-order valence-corrected chi connectivity index (χ2v) is 14.6. The van der Waals surface area contributed by atoms with E-state index >= 15 is 0 Å². The minimum absolute atomic E-state index is 0.0487. The summed E-state index contributed by atoms with van der Waals surface area (Å²) in [5.74, 6) is -5.03. The second-order valence-electron chi connectivity index (χ2n) is 13.8. The Kier molecular flexibility index (Phi) is 11.5. The van der Waals surface area contributed by atoms with Crippen molar-refractivity contribution in [2.75, 3.05) is 47.4 Å². The molecule has 0 spiro atoms. The molecule has 4 aliphatic rings. The van der Waals surface area contributed by atoms with Gasteiger partial charge in [0.15, 0.2) is 0 Å². The van der Waals surface area contributed by atoms with E-state index in [-0.39, 0.29) is 57.8 Å². The van der Waals surface area contributed by atoms with Crippen molar-refractivity contribution < 1.29 is 33.8 Å². The van der Waals surface area contributed by atoms with Crippen LogP contribution in [0.4, 0.5) is 0 Å². The van der Waals surface area contributed by atoms with Crippen molar-refractivity contribution in [3.05, 3.63) is 80.5 Å². The van der Waals surface area contributed by atoms with Gasteiger partial charge >= 0.3 is 17.9 Å². The first-order chi connectivity index (χ1) is 24.5. The maximum absolute atomic E-state index is 14.1. The first-order valence-electron chi connectivity index (χ1n) is 17.5. The standard InChI is InChI=1S/C38H44Cl2N4O7/c1-42-23-12-13-24(42)20-25(19-23)43-15-17-44(18-16-43)31(45)21-30-34(38(49)51-3)35(32-27(39)9-6-10-28(32)40)33(37(48)50-2)29(41-30)14-11-22-7-4-5-8-26(22)36(46)47/h4-10,23-25,34-35H,11-21H2,1-3H3,(H,46,47). The summed E-state index contributed by atoms with van der Waals surface area (Å²) in [6, 6.07) is 13.2. The topological polar surface area (TPSA) is 129 Å². The molecule has 13 heteroatoms. The number of allylic oxidation sites excluding steroid dienone is 1. The quantitative estimate of drug-likeness (QED) is 0.326. The molecule has 272 valence electrons. The molecule has 51 heavy (non-hydrogen) atoms. The Labute approximate surface area is 308 Å². The number of carbonyl (C=O) groups excluding carboxylic acids is 3. The predicted octanol–water partition coefficient (Wildman–Crippen LogP) is 5.24. The van der Waals surface area contributed by atoms with E-state index in [1.807, 2.05) is 4.90 Å².